The van der Waals surface area contributed by atoms with E-state index in [0.717, 1.165) is 42.4 Å². The van der Waals surface area contributed by atoms with E-state index >= 15 is 0 Å². The van der Waals surface area contributed by atoms with E-state index in [1.807, 2.05) is 11.0 Å². The van der Waals surface area contributed by atoms with E-state index in [9.17, 15) is 9.18 Å². The van der Waals surface area contributed by atoms with Crippen molar-refractivity contribution in [1.82, 2.24) is 14.9 Å². The van der Waals surface area contributed by atoms with Crippen molar-refractivity contribution in [2.45, 2.75) is 19.3 Å². The van der Waals surface area contributed by atoms with Crippen molar-refractivity contribution in [2.24, 2.45) is 0 Å². The van der Waals surface area contributed by atoms with Gasteiger partial charge in [0.05, 0.1) is 5.52 Å². The van der Waals surface area contributed by atoms with E-state index in [0.29, 0.717) is 11.3 Å². The normalized spacial score (nSPS) is 15.0. The van der Waals surface area contributed by atoms with E-state index in [4.69, 9.17) is 0 Å². The average molecular weight is 323 g/mol. The first-order valence-corrected chi connectivity index (χ1v) is 8.25. The molecule has 24 heavy (non-hydrogen) atoms. The van der Waals surface area contributed by atoms with Crippen molar-refractivity contribution < 1.29 is 9.18 Å². The lowest BCUT2D eigenvalue weighted by Crippen LogP contribution is -2.35. The second-order valence-corrected chi connectivity index (χ2v) is 6.18. The van der Waals surface area contributed by atoms with Crippen LogP contribution in [-0.2, 0) is 0 Å². The zero-order chi connectivity index (χ0) is 16.5. The summed E-state index contributed by atoms with van der Waals surface area (Å²) in [5.74, 6) is -0.301. The highest BCUT2D eigenvalue weighted by atomic mass is 19.1. The molecule has 4 nitrogen and oxygen atoms in total. The smallest absolute Gasteiger partial charge is 0.270 e. The molecule has 1 amide bonds. The minimum absolute atomic E-state index is 0.00891. The highest BCUT2D eigenvalue weighted by Gasteiger charge is 2.20. The lowest BCUT2D eigenvalue weighted by atomic mass is 10.0. The summed E-state index contributed by atoms with van der Waals surface area (Å²) >= 11 is 0. The second kappa shape index (κ2) is 6.07. The number of halogens is 1. The summed E-state index contributed by atoms with van der Waals surface area (Å²) in [6, 6.07) is 8.35. The van der Waals surface area contributed by atoms with Gasteiger partial charge >= 0.3 is 0 Å². The van der Waals surface area contributed by atoms with Crippen LogP contribution < -0.4 is 0 Å². The third-order valence-corrected chi connectivity index (χ3v) is 4.54. The molecule has 5 heteroatoms. The standard InChI is InChI=1S/C19H18FN3O/c20-15-9-13-5-4-6-21-18(13)16(11-15)14-10-17(22-12-14)19(24)23-7-2-1-3-8-23/h4-6,9-12,22H,1-3,7-8H2. The molecule has 0 bridgehead atoms. The van der Waals surface area contributed by atoms with Gasteiger partial charge in [-0.1, -0.05) is 6.07 Å². The molecule has 1 aliphatic rings. The van der Waals surface area contributed by atoms with Crippen LogP contribution in [0, 0.1) is 5.82 Å². The number of benzene rings is 1. The number of aromatic amines is 1. The van der Waals surface area contributed by atoms with Gasteiger partial charge in [0.1, 0.15) is 11.5 Å². The van der Waals surface area contributed by atoms with E-state index < -0.39 is 0 Å². The fraction of sp³-hybridized carbons (Fsp3) is 0.263. The quantitative estimate of drug-likeness (QED) is 0.775. The minimum atomic E-state index is -0.310. The molecule has 0 spiro atoms. The van der Waals surface area contributed by atoms with Crippen LogP contribution >= 0.6 is 0 Å². The van der Waals surface area contributed by atoms with Gasteiger partial charge in [0.2, 0.25) is 0 Å². The second-order valence-electron chi connectivity index (χ2n) is 6.18. The van der Waals surface area contributed by atoms with Crippen molar-refractivity contribution in [3.63, 3.8) is 0 Å². The van der Waals surface area contributed by atoms with Crippen molar-refractivity contribution in [3.8, 4) is 11.1 Å². The first-order valence-electron chi connectivity index (χ1n) is 8.25. The van der Waals surface area contributed by atoms with Crippen LogP contribution in [0.4, 0.5) is 4.39 Å². The number of pyridine rings is 1. The SMILES string of the molecule is O=C(c1cc(-c2cc(F)cc3cccnc23)c[nH]1)N1CCCCC1. The van der Waals surface area contributed by atoms with Gasteiger partial charge in [-0.15, -0.1) is 0 Å². The zero-order valence-electron chi connectivity index (χ0n) is 13.3. The number of carbonyl (C=O) groups excluding carboxylic acids is 1. The molecule has 0 saturated carbocycles. The van der Waals surface area contributed by atoms with Crippen molar-refractivity contribution in [1.29, 1.82) is 0 Å². The van der Waals surface area contributed by atoms with Crippen LogP contribution in [0.15, 0.2) is 42.7 Å². The van der Waals surface area contributed by atoms with E-state index in [2.05, 4.69) is 9.97 Å². The topological polar surface area (TPSA) is 49.0 Å². The number of hydrogen-bond acceptors (Lipinski definition) is 2. The largest absolute Gasteiger partial charge is 0.357 e. The van der Waals surface area contributed by atoms with Gasteiger partial charge in [0, 0.05) is 42.0 Å². The number of piperidine rings is 1. The summed E-state index contributed by atoms with van der Waals surface area (Å²) in [6.07, 6.45) is 6.73. The molecule has 3 heterocycles. The number of H-pyrrole nitrogens is 1. The Morgan fingerprint density at radius 2 is 2.00 bits per heavy atom. The molecule has 0 radical (unpaired) electrons. The molecule has 4 rings (SSSR count). The molecule has 1 saturated heterocycles. The molecular weight excluding hydrogens is 305 g/mol. The Morgan fingerprint density at radius 3 is 2.83 bits per heavy atom. The highest BCUT2D eigenvalue weighted by molar-refractivity contribution is 5.97. The number of carbonyl (C=O) groups is 1. The average Bonchev–Trinajstić information content (AvgIpc) is 3.11. The minimum Gasteiger partial charge on any atom is -0.357 e. The van der Waals surface area contributed by atoms with Crippen molar-refractivity contribution in [2.75, 3.05) is 13.1 Å². The molecule has 0 atom stereocenters. The summed E-state index contributed by atoms with van der Waals surface area (Å²) in [5.41, 5.74) is 2.74. The van der Waals surface area contributed by atoms with E-state index in [1.54, 1.807) is 24.5 Å². The number of nitrogens with one attached hydrogen (secondary N) is 1. The third kappa shape index (κ3) is 2.66. The van der Waals surface area contributed by atoms with Gasteiger partial charge in [-0.3, -0.25) is 9.78 Å². The number of aromatic nitrogens is 2. The Morgan fingerprint density at radius 1 is 1.17 bits per heavy atom. The lowest BCUT2D eigenvalue weighted by molar-refractivity contribution is 0.0719. The molecule has 1 aromatic carbocycles. The Labute approximate surface area is 139 Å². The number of rotatable bonds is 2. The maximum absolute atomic E-state index is 13.9. The summed E-state index contributed by atoms with van der Waals surface area (Å²) < 4.78 is 13.9. The van der Waals surface area contributed by atoms with Crippen molar-refractivity contribution in [3.05, 3.63) is 54.2 Å². The Bertz CT molecular complexity index is 897. The maximum Gasteiger partial charge on any atom is 0.270 e. The van der Waals surface area contributed by atoms with Crippen LogP contribution in [0.3, 0.4) is 0 Å². The molecule has 1 N–H and O–H groups in total. The Kier molecular flexibility index (Phi) is 3.76. The van der Waals surface area contributed by atoms with Gasteiger partial charge in [-0.05, 0) is 43.5 Å². The Hall–Kier alpha value is -2.69. The summed E-state index contributed by atoms with van der Waals surface area (Å²) in [5, 5.41) is 0.748. The molecule has 0 unspecified atom stereocenters. The predicted octanol–water partition coefficient (Wildman–Crippen LogP) is 4.00. The molecule has 0 aliphatic carbocycles. The van der Waals surface area contributed by atoms with Gasteiger partial charge in [-0.25, -0.2) is 4.39 Å². The predicted molar refractivity (Wildman–Crippen MR) is 91.2 cm³/mol. The number of amides is 1. The van der Waals surface area contributed by atoms with Crippen LogP contribution in [0.5, 0.6) is 0 Å². The summed E-state index contributed by atoms with van der Waals surface area (Å²) in [4.78, 5) is 21.9. The van der Waals surface area contributed by atoms with Gasteiger partial charge < -0.3 is 9.88 Å². The number of hydrogen-bond donors (Lipinski definition) is 1. The number of fused-ring (bicyclic) bond motifs is 1. The van der Waals surface area contributed by atoms with Crippen LogP contribution in [-0.4, -0.2) is 33.9 Å². The van der Waals surface area contributed by atoms with Gasteiger partial charge in [0.15, 0.2) is 0 Å². The zero-order valence-corrected chi connectivity index (χ0v) is 13.3. The summed E-state index contributed by atoms with van der Waals surface area (Å²) in [6.45, 7) is 1.61. The summed E-state index contributed by atoms with van der Waals surface area (Å²) in [7, 11) is 0. The van der Waals surface area contributed by atoms with Crippen LogP contribution in [0.25, 0.3) is 22.0 Å². The molecule has 1 fully saturated rings. The van der Waals surface area contributed by atoms with Crippen LogP contribution in [0.2, 0.25) is 0 Å². The molecule has 2 aromatic heterocycles. The Balaban J connectivity index is 1.71. The molecular formula is C19H18FN3O. The van der Waals surface area contributed by atoms with Gasteiger partial charge in [0.25, 0.3) is 5.91 Å². The highest BCUT2D eigenvalue weighted by Crippen LogP contribution is 2.29. The lowest BCUT2D eigenvalue weighted by Gasteiger charge is -2.26. The number of likely N-dealkylation sites (tertiary alicyclic amines) is 1. The fourth-order valence-electron chi connectivity index (χ4n) is 3.32. The maximum atomic E-state index is 13.9. The van der Waals surface area contributed by atoms with Crippen molar-refractivity contribution >= 4 is 16.8 Å². The van der Waals surface area contributed by atoms with Crippen LogP contribution in [0.1, 0.15) is 29.8 Å². The number of nitrogens with zero attached hydrogens (tertiary/aromatic N) is 2. The first-order chi connectivity index (χ1) is 11.7. The first kappa shape index (κ1) is 14.9. The van der Waals surface area contributed by atoms with E-state index in [-0.39, 0.29) is 11.7 Å². The third-order valence-electron chi connectivity index (χ3n) is 4.54. The monoisotopic (exact) mass is 323 g/mol. The molecule has 1 aliphatic heterocycles. The van der Waals surface area contributed by atoms with Gasteiger partial charge in [-0.2, -0.15) is 0 Å². The van der Waals surface area contributed by atoms with E-state index in [1.165, 1.54) is 18.6 Å². The fourth-order valence-corrected chi connectivity index (χ4v) is 3.32. The molecule has 122 valence electrons. The molecule has 3 aromatic rings.